The van der Waals surface area contributed by atoms with Crippen molar-refractivity contribution < 1.29 is 14.3 Å². The van der Waals surface area contributed by atoms with Crippen LogP contribution in [0.5, 0.6) is 0 Å². The molecule has 1 saturated heterocycles. The van der Waals surface area contributed by atoms with Crippen molar-refractivity contribution in [3.63, 3.8) is 0 Å². The normalized spacial score (nSPS) is 19.5. The van der Waals surface area contributed by atoms with E-state index in [1.165, 1.54) is 6.20 Å². The Hall–Kier alpha value is -1.78. The molecule has 0 N–H and O–H groups in total. The summed E-state index contributed by atoms with van der Waals surface area (Å²) >= 11 is 0. The van der Waals surface area contributed by atoms with E-state index in [9.17, 15) is 10.0 Å². The molecule has 0 bridgehead atoms. The summed E-state index contributed by atoms with van der Waals surface area (Å²) in [5, 5.41) is 11.7. The fourth-order valence-corrected chi connectivity index (χ4v) is 2.25. The van der Waals surface area contributed by atoms with Gasteiger partial charge in [0.2, 0.25) is 0 Å². The fourth-order valence-electron chi connectivity index (χ4n) is 2.25. The van der Waals surface area contributed by atoms with E-state index in [0.29, 0.717) is 18.8 Å². The van der Waals surface area contributed by atoms with Crippen molar-refractivity contribution in [1.29, 1.82) is 0 Å². The topological polar surface area (TPSA) is 56.5 Å². The Bertz CT molecular complexity index is 468. The van der Waals surface area contributed by atoms with Crippen molar-refractivity contribution in [2.45, 2.75) is 38.7 Å². The lowest BCUT2D eigenvalue weighted by Crippen LogP contribution is -2.37. The number of hydrogen-bond donors (Lipinski definition) is 0. The van der Waals surface area contributed by atoms with Crippen molar-refractivity contribution >= 4 is 6.09 Å². The number of nitrogens with zero attached hydrogens (tertiary/aromatic N) is 2. The van der Waals surface area contributed by atoms with Gasteiger partial charge in [-0.25, -0.2) is 4.79 Å². The minimum absolute atomic E-state index is 0.0891. The van der Waals surface area contributed by atoms with E-state index in [1.54, 1.807) is 11.0 Å². The van der Waals surface area contributed by atoms with Crippen LogP contribution in [0, 0.1) is 5.21 Å². The zero-order chi connectivity index (χ0) is 14.0. The van der Waals surface area contributed by atoms with Gasteiger partial charge >= 0.3 is 6.09 Å². The lowest BCUT2D eigenvalue weighted by Gasteiger charge is -2.24. The highest BCUT2D eigenvalue weighted by atomic mass is 16.6. The number of aromatic nitrogens is 1. The van der Waals surface area contributed by atoms with Crippen LogP contribution in [0.4, 0.5) is 4.79 Å². The Kier molecular flexibility index (Phi) is 3.64. The maximum Gasteiger partial charge on any atom is 0.410 e. The van der Waals surface area contributed by atoms with Gasteiger partial charge in [-0.3, -0.25) is 0 Å². The van der Waals surface area contributed by atoms with E-state index in [-0.39, 0.29) is 12.0 Å². The van der Waals surface area contributed by atoms with Crippen molar-refractivity contribution in [2.24, 2.45) is 0 Å². The van der Waals surface area contributed by atoms with Crippen LogP contribution in [0.3, 0.4) is 0 Å². The molecule has 1 fully saturated rings. The van der Waals surface area contributed by atoms with Crippen LogP contribution in [0.1, 0.15) is 38.8 Å². The summed E-state index contributed by atoms with van der Waals surface area (Å²) in [6.45, 7) is 6.72. The van der Waals surface area contributed by atoms with Crippen molar-refractivity contribution in [3.8, 4) is 0 Å². The highest BCUT2D eigenvalue weighted by Gasteiger charge is 2.33. The number of amides is 1. The van der Waals surface area contributed by atoms with Crippen LogP contribution in [0.15, 0.2) is 24.4 Å². The smallest absolute Gasteiger partial charge is 0.410 e. The van der Waals surface area contributed by atoms with E-state index in [2.05, 4.69) is 0 Å². The molecule has 1 aromatic rings. The summed E-state index contributed by atoms with van der Waals surface area (Å²) in [4.78, 5) is 13.6. The molecular formula is C14H20N2O3. The zero-order valence-corrected chi connectivity index (χ0v) is 11.6. The standard InChI is InChI=1S/C14H20N2O3/c1-14(2,3)19-13(17)15-9-7-11(10-15)12-6-4-5-8-16(12)18/h4-6,8,11H,7,9-10H2,1-3H3. The first-order valence-corrected chi connectivity index (χ1v) is 6.53. The Morgan fingerprint density at radius 3 is 2.84 bits per heavy atom. The molecule has 1 amide bonds. The van der Waals surface area contributed by atoms with Crippen molar-refractivity contribution in [3.05, 3.63) is 35.3 Å². The van der Waals surface area contributed by atoms with E-state index in [4.69, 9.17) is 4.74 Å². The highest BCUT2D eigenvalue weighted by molar-refractivity contribution is 5.68. The van der Waals surface area contributed by atoms with Crippen LogP contribution in [-0.4, -0.2) is 29.7 Å². The molecule has 0 aliphatic carbocycles. The molecule has 2 rings (SSSR count). The van der Waals surface area contributed by atoms with Gasteiger partial charge in [0, 0.05) is 25.2 Å². The van der Waals surface area contributed by atoms with Crippen LogP contribution >= 0.6 is 0 Å². The predicted octanol–water partition coefficient (Wildman–Crippen LogP) is 2.04. The molecule has 0 saturated carbocycles. The largest absolute Gasteiger partial charge is 0.618 e. The van der Waals surface area contributed by atoms with Crippen LogP contribution in [0.25, 0.3) is 0 Å². The number of rotatable bonds is 1. The third-order valence-corrected chi connectivity index (χ3v) is 3.11. The molecule has 0 radical (unpaired) electrons. The second-order valence-electron chi connectivity index (χ2n) is 5.86. The van der Waals surface area contributed by atoms with Gasteiger partial charge in [0.15, 0.2) is 11.9 Å². The first kappa shape index (κ1) is 13.6. The highest BCUT2D eigenvalue weighted by Crippen LogP contribution is 2.26. The van der Waals surface area contributed by atoms with Gasteiger partial charge in [0.05, 0.1) is 5.92 Å². The average molecular weight is 264 g/mol. The van der Waals surface area contributed by atoms with E-state index in [0.717, 1.165) is 11.2 Å². The number of likely N-dealkylation sites (tertiary alicyclic amines) is 1. The quantitative estimate of drug-likeness (QED) is 0.576. The first-order chi connectivity index (χ1) is 8.87. The number of carbonyl (C=O) groups excluding carboxylic acids is 1. The van der Waals surface area contributed by atoms with Crippen LogP contribution in [0.2, 0.25) is 0 Å². The second kappa shape index (κ2) is 5.07. The molecule has 0 aromatic carbocycles. The molecule has 1 aromatic heterocycles. The summed E-state index contributed by atoms with van der Waals surface area (Å²) in [7, 11) is 0. The minimum Gasteiger partial charge on any atom is -0.618 e. The van der Waals surface area contributed by atoms with Gasteiger partial charge in [-0.1, -0.05) is 6.07 Å². The second-order valence-corrected chi connectivity index (χ2v) is 5.86. The first-order valence-electron chi connectivity index (χ1n) is 6.53. The molecule has 1 atom stereocenters. The number of hydrogen-bond acceptors (Lipinski definition) is 3. The lowest BCUT2D eigenvalue weighted by molar-refractivity contribution is -0.615. The van der Waals surface area contributed by atoms with E-state index in [1.807, 2.05) is 32.9 Å². The Morgan fingerprint density at radius 1 is 1.47 bits per heavy atom. The molecule has 1 aliphatic heterocycles. The van der Waals surface area contributed by atoms with Gasteiger partial charge in [-0.2, -0.15) is 4.73 Å². The van der Waals surface area contributed by atoms with Gasteiger partial charge in [-0.15, -0.1) is 0 Å². The van der Waals surface area contributed by atoms with Gasteiger partial charge < -0.3 is 14.8 Å². The van der Waals surface area contributed by atoms with Gasteiger partial charge in [0.1, 0.15) is 5.60 Å². The summed E-state index contributed by atoms with van der Waals surface area (Å²) in [5.41, 5.74) is 0.231. The molecule has 2 heterocycles. The molecule has 5 nitrogen and oxygen atoms in total. The summed E-state index contributed by atoms with van der Waals surface area (Å²) in [6.07, 6.45) is 1.99. The number of carbonyl (C=O) groups is 1. The molecular weight excluding hydrogens is 244 g/mol. The minimum atomic E-state index is -0.486. The summed E-state index contributed by atoms with van der Waals surface area (Å²) in [6, 6.07) is 5.37. The number of ether oxygens (including phenoxy) is 1. The fraction of sp³-hybridized carbons (Fsp3) is 0.571. The number of pyridine rings is 1. The molecule has 0 spiro atoms. The SMILES string of the molecule is CC(C)(C)OC(=O)N1CCC(c2cccc[n+]2[O-])C1. The lowest BCUT2D eigenvalue weighted by atomic mass is 10.0. The molecule has 19 heavy (non-hydrogen) atoms. The summed E-state index contributed by atoms with van der Waals surface area (Å²) in [5.74, 6) is 0.0891. The van der Waals surface area contributed by atoms with Gasteiger partial charge in [0.25, 0.3) is 0 Å². The van der Waals surface area contributed by atoms with Crippen molar-refractivity contribution in [2.75, 3.05) is 13.1 Å². The third-order valence-electron chi connectivity index (χ3n) is 3.11. The van der Waals surface area contributed by atoms with Crippen LogP contribution < -0.4 is 4.73 Å². The Balaban J connectivity index is 2.01. The van der Waals surface area contributed by atoms with E-state index >= 15 is 0 Å². The Labute approximate surface area is 113 Å². The predicted molar refractivity (Wildman–Crippen MR) is 70.6 cm³/mol. The monoisotopic (exact) mass is 264 g/mol. The van der Waals surface area contributed by atoms with Crippen LogP contribution in [-0.2, 0) is 4.74 Å². The van der Waals surface area contributed by atoms with E-state index < -0.39 is 5.60 Å². The molecule has 104 valence electrons. The third kappa shape index (κ3) is 3.36. The maximum absolute atomic E-state index is 11.9. The van der Waals surface area contributed by atoms with Gasteiger partial charge in [-0.05, 0) is 27.2 Å². The van der Waals surface area contributed by atoms with Crippen molar-refractivity contribution in [1.82, 2.24) is 4.90 Å². The maximum atomic E-state index is 11.9. The summed E-state index contributed by atoms with van der Waals surface area (Å²) < 4.78 is 6.22. The Morgan fingerprint density at radius 2 is 2.21 bits per heavy atom. The zero-order valence-electron chi connectivity index (χ0n) is 11.6. The average Bonchev–Trinajstić information content (AvgIpc) is 2.76. The molecule has 1 unspecified atom stereocenters. The molecule has 5 heteroatoms. The molecule has 1 aliphatic rings.